The Morgan fingerprint density at radius 2 is 2.27 bits per heavy atom. The molecule has 1 saturated heterocycles. The molecule has 1 amide bonds. The van der Waals surface area contributed by atoms with Crippen molar-refractivity contribution in [3.8, 4) is 0 Å². The van der Waals surface area contributed by atoms with Crippen LogP contribution in [0.15, 0.2) is 24.5 Å². The Kier molecular flexibility index (Phi) is 5.40. The van der Waals surface area contributed by atoms with Crippen molar-refractivity contribution in [3.63, 3.8) is 0 Å². The average Bonchev–Trinajstić information content (AvgIpc) is 2.46. The molecule has 2 heterocycles. The lowest BCUT2D eigenvalue weighted by atomic mass is 10.0. The number of nitrogens with zero attached hydrogens (tertiary/aromatic N) is 3. The van der Waals surface area contributed by atoms with E-state index in [9.17, 15) is 4.79 Å². The molecule has 0 spiro atoms. The molecule has 0 bridgehead atoms. The molecular weight excluding hydrogens is 278 g/mol. The lowest BCUT2D eigenvalue weighted by Crippen LogP contribution is -2.49. The van der Waals surface area contributed by atoms with Crippen LogP contribution < -0.4 is 0 Å². The van der Waals surface area contributed by atoms with E-state index in [2.05, 4.69) is 16.0 Å². The van der Waals surface area contributed by atoms with Crippen LogP contribution in [0.3, 0.4) is 0 Å². The number of carbonyl (C=O) groups is 1. The number of piperidine rings is 1. The first-order valence-electron chi connectivity index (χ1n) is 7.92. The van der Waals surface area contributed by atoms with Gasteiger partial charge >= 0.3 is 6.09 Å². The van der Waals surface area contributed by atoms with Gasteiger partial charge < -0.3 is 9.64 Å². The molecule has 1 atom stereocenters. The van der Waals surface area contributed by atoms with Gasteiger partial charge in [0.15, 0.2) is 0 Å². The van der Waals surface area contributed by atoms with E-state index in [4.69, 9.17) is 4.74 Å². The third kappa shape index (κ3) is 4.98. The molecule has 5 nitrogen and oxygen atoms in total. The molecular formula is C17H27N3O2. The van der Waals surface area contributed by atoms with Crippen LogP contribution >= 0.6 is 0 Å². The number of likely N-dealkylation sites (tertiary alicyclic amines) is 1. The van der Waals surface area contributed by atoms with Crippen LogP contribution in [0.2, 0.25) is 0 Å². The second-order valence-corrected chi connectivity index (χ2v) is 6.98. The average molecular weight is 305 g/mol. The van der Waals surface area contributed by atoms with Crippen molar-refractivity contribution < 1.29 is 9.53 Å². The molecule has 1 fully saturated rings. The lowest BCUT2D eigenvalue weighted by molar-refractivity contribution is 0.0130. The van der Waals surface area contributed by atoms with Crippen LogP contribution in [-0.2, 0) is 11.3 Å². The fraction of sp³-hybridized carbons (Fsp3) is 0.647. The van der Waals surface area contributed by atoms with Crippen molar-refractivity contribution in [2.24, 2.45) is 0 Å². The third-order valence-electron chi connectivity index (χ3n) is 3.84. The molecule has 22 heavy (non-hydrogen) atoms. The molecule has 5 heteroatoms. The molecule has 1 aromatic rings. The van der Waals surface area contributed by atoms with Crippen molar-refractivity contribution in [1.82, 2.24) is 14.8 Å². The Balaban J connectivity index is 1.91. The Morgan fingerprint density at radius 3 is 2.91 bits per heavy atom. The fourth-order valence-electron chi connectivity index (χ4n) is 2.72. The van der Waals surface area contributed by atoms with Gasteiger partial charge in [0.1, 0.15) is 5.60 Å². The van der Waals surface area contributed by atoms with Crippen LogP contribution in [0.4, 0.5) is 4.79 Å². The molecule has 0 aliphatic carbocycles. The molecule has 1 aliphatic heterocycles. The summed E-state index contributed by atoms with van der Waals surface area (Å²) >= 11 is 0. The van der Waals surface area contributed by atoms with E-state index in [1.54, 1.807) is 11.1 Å². The maximum atomic E-state index is 12.2. The van der Waals surface area contributed by atoms with Gasteiger partial charge in [0.2, 0.25) is 0 Å². The quantitative estimate of drug-likeness (QED) is 0.861. The second kappa shape index (κ2) is 7.09. The predicted octanol–water partition coefficient (Wildman–Crippen LogP) is 2.91. The molecule has 0 N–H and O–H groups in total. The molecule has 0 saturated carbocycles. The number of aromatic nitrogens is 1. The van der Waals surface area contributed by atoms with Gasteiger partial charge in [0.05, 0.1) is 0 Å². The predicted molar refractivity (Wildman–Crippen MR) is 86.5 cm³/mol. The van der Waals surface area contributed by atoms with Gasteiger partial charge in [-0.25, -0.2) is 4.79 Å². The number of pyridine rings is 1. The van der Waals surface area contributed by atoms with Gasteiger partial charge in [-0.1, -0.05) is 6.07 Å². The SMILES string of the molecule is CN(C(=O)OC(C)(C)C)[C@@H]1CCCN(Cc2cccnc2)C1. The highest BCUT2D eigenvalue weighted by Crippen LogP contribution is 2.19. The highest BCUT2D eigenvalue weighted by atomic mass is 16.6. The maximum Gasteiger partial charge on any atom is 0.410 e. The minimum absolute atomic E-state index is 0.209. The fourth-order valence-corrected chi connectivity index (χ4v) is 2.72. The number of amides is 1. The zero-order valence-electron chi connectivity index (χ0n) is 14.1. The number of ether oxygens (including phenoxy) is 1. The first kappa shape index (κ1) is 16.7. The smallest absolute Gasteiger partial charge is 0.410 e. The van der Waals surface area contributed by atoms with Crippen LogP contribution in [-0.4, -0.2) is 52.7 Å². The van der Waals surface area contributed by atoms with Gasteiger partial charge in [-0.05, 0) is 51.8 Å². The maximum absolute atomic E-state index is 12.2. The summed E-state index contributed by atoms with van der Waals surface area (Å²) in [5.74, 6) is 0. The molecule has 2 rings (SSSR count). The number of carbonyl (C=O) groups excluding carboxylic acids is 1. The van der Waals surface area contributed by atoms with E-state index < -0.39 is 5.60 Å². The number of hydrogen-bond acceptors (Lipinski definition) is 4. The summed E-state index contributed by atoms with van der Waals surface area (Å²) in [6.45, 7) is 8.52. The van der Waals surface area contributed by atoms with E-state index in [0.29, 0.717) is 0 Å². The number of likely N-dealkylation sites (N-methyl/N-ethyl adjacent to an activating group) is 1. The van der Waals surface area contributed by atoms with Crippen molar-refractivity contribution in [2.45, 2.75) is 51.8 Å². The van der Waals surface area contributed by atoms with Crippen molar-refractivity contribution in [1.29, 1.82) is 0 Å². The van der Waals surface area contributed by atoms with Crippen LogP contribution in [0, 0.1) is 0 Å². The molecule has 1 aliphatic rings. The van der Waals surface area contributed by atoms with Crippen LogP contribution in [0.25, 0.3) is 0 Å². The monoisotopic (exact) mass is 305 g/mol. The summed E-state index contributed by atoms with van der Waals surface area (Å²) in [6, 6.07) is 4.26. The second-order valence-electron chi connectivity index (χ2n) is 6.98. The van der Waals surface area contributed by atoms with Crippen molar-refractivity contribution >= 4 is 6.09 Å². The Hall–Kier alpha value is -1.62. The number of hydrogen-bond donors (Lipinski definition) is 0. The van der Waals surface area contributed by atoms with Gasteiger partial charge in [-0.15, -0.1) is 0 Å². The van der Waals surface area contributed by atoms with Crippen molar-refractivity contribution in [3.05, 3.63) is 30.1 Å². The summed E-state index contributed by atoms with van der Waals surface area (Å²) in [6.07, 6.45) is 5.58. The highest BCUT2D eigenvalue weighted by Gasteiger charge is 2.29. The van der Waals surface area contributed by atoms with Crippen LogP contribution in [0.5, 0.6) is 0 Å². The molecule has 0 radical (unpaired) electrons. The topological polar surface area (TPSA) is 45.7 Å². The van der Waals surface area contributed by atoms with Gasteiger partial charge in [0.25, 0.3) is 0 Å². The standard InChI is InChI=1S/C17H27N3O2/c1-17(2,3)22-16(21)19(4)15-8-6-10-20(13-15)12-14-7-5-9-18-11-14/h5,7,9,11,15H,6,8,10,12-13H2,1-4H3/t15-/m1/s1. The number of rotatable bonds is 3. The molecule has 122 valence electrons. The molecule has 1 aromatic heterocycles. The largest absolute Gasteiger partial charge is 0.444 e. The Morgan fingerprint density at radius 1 is 1.50 bits per heavy atom. The summed E-state index contributed by atoms with van der Waals surface area (Å²) in [5, 5.41) is 0. The Labute approximate surface area is 133 Å². The van der Waals surface area contributed by atoms with E-state index in [0.717, 1.165) is 32.5 Å². The zero-order valence-corrected chi connectivity index (χ0v) is 14.1. The van der Waals surface area contributed by atoms with E-state index in [-0.39, 0.29) is 12.1 Å². The molecule has 0 unspecified atom stereocenters. The van der Waals surface area contributed by atoms with E-state index >= 15 is 0 Å². The zero-order chi connectivity index (χ0) is 16.2. The van der Waals surface area contributed by atoms with E-state index in [1.807, 2.05) is 40.1 Å². The van der Waals surface area contributed by atoms with Crippen molar-refractivity contribution in [2.75, 3.05) is 20.1 Å². The normalized spacial score (nSPS) is 19.7. The summed E-state index contributed by atoms with van der Waals surface area (Å²) in [7, 11) is 1.84. The Bertz CT molecular complexity index is 484. The lowest BCUT2D eigenvalue weighted by Gasteiger charge is -2.38. The van der Waals surface area contributed by atoms with Gasteiger partial charge in [-0.3, -0.25) is 9.88 Å². The van der Waals surface area contributed by atoms with E-state index in [1.165, 1.54) is 5.56 Å². The first-order chi connectivity index (χ1) is 10.3. The first-order valence-corrected chi connectivity index (χ1v) is 7.92. The minimum atomic E-state index is -0.449. The summed E-state index contributed by atoms with van der Waals surface area (Å²) < 4.78 is 5.46. The highest BCUT2D eigenvalue weighted by molar-refractivity contribution is 5.68. The minimum Gasteiger partial charge on any atom is -0.444 e. The molecule has 0 aromatic carbocycles. The van der Waals surface area contributed by atoms with Gasteiger partial charge in [0, 0.05) is 38.6 Å². The summed E-state index contributed by atoms with van der Waals surface area (Å²) in [5.41, 5.74) is 0.762. The van der Waals surface area contributed by atoms with Gasteiger partial charge in [-0.2, -0.15) is 0 Å². The third-order valence-corrected chi connectivity index (χ3v) is 3.84. The summed E-state index contributed by atoms with van der Waals surface area (Å²) in [4.78, 5) is 20.5. The van der Waals surface area contributed by atoms with Crippen LogP contribution in [0.1, 0.15) is 39.2 Å².